The number of carbonyl (C=O) groups is 3. The quantitative estimate of drug-likeness (QED) is 0.787. The monoisotopic (exact) mass is 303 g/mol. The van der Waals surface area contributed by atoms with Crippen LogP contribution in [0.1, 0.15) is 36.2 Å². The number of hydrogen-bond acceptors (Lipinski definition) is 4. The van der Waals surface area contributed by atoms with Crippen LogP contribution in [0, 0.1) is 0 Å². The summed E-state index contributed by atoms with van der Waals surface area (Å²) in [6.45, 7) is 1.42. The van der Waals surface area contributed by atoms with E-state index in [0.29, 0.717) is 22.9 Å². The summed E-state index contributed by atoms with van der Waals surface area (Å²) in [5, 5.41) is 0. The van der Waals surface area contributed by atoms with Crippen LogP contribution in [-0.4, -0.2) is 27.1 Å². The molecule has 0 spiro atoms. The van der Waals surface area contributed by atoms with Gasteiger partial charge in [0, 0.05) is 19.0 Å². The molecule has 1 heterocycles. The van der Waals surface area contributed by atoms with E-state index in [1.807, 2.05) is 0 Å². The molecule has 0 aliphatic rings. The Kier molecular flexibility index (Phi) is 4.25. The van der Waals surface area contributed by atoms with Crippen molar-refractivity contribution >= 4 is 29.0 Å². The molecule has 2 rings (SSSR count). The third-order valence-electron chi connectivity index (χ3n) is 3.66. The molecule has 0 aliphatic heterocycles. The Morgan fingerprint density at radius 1 is 1.32 bits per heavy atom. The molecule has 2 N–H and O–H groups in total. The van der Waals surface area contributed by atoms with Crippen molar-refractivity contribution in [1.29, 1.82) is 0 Å². The molecule has 7 nitrogen and oxygen atoms in total. The lowest BCUT2D eigenvalue weighted by molar-refractivity contribution is -0.121. The molecule has 22 heavy (non-hydrogen) atoms. The average molecular weight is 303 g/mol. The van der Waals surface area contributed by atoms with Crippen LogP contribution in [0.2, 0.25) is 0 Å². The third kappa shape index (κ3) is 2.69. The van der Waals surface area contributed by atoms with Crippen LogP contribution in [0.15, 0.2) is 23.0 Å². The molecule has 0 saturated carbocycles. The first-order valence-corrected chi connectivity index (χ1v) is 6.81. The first-order chi connectivity index (χ1) is 10.4. The number of fused-ring (bicyclic) bond motifs is 1. The van der Waals surface area contributed by atoms with Gasteiger partial charge in [0.15, 0.2) is 0 Å². The number of amides is 1. The summed E-state index contributed by atoms with van der Waals surface area (Å²) in [4.78, 5) is 46.2. The Balaban J connectivity index is 2.64. The standard InChI is InChI=1S/C15H17N3O4/c1-9(20)3-5-12(14(16)21)18-11-6-4-10(8-19)7-13(11)17(2)15(18)22/h4,6-8,12H,3,5H2,1-2H3,(H2,16,21). The lowest BCUT2D eigenvalue weighted by atomic mass is 10.1. The first kappa shape index (κ1) is 15.7. The second kappa shape index (κ2) is 5.97. The number of Topliss-reactive ketones (excluding diaryl/α,β-unsaturated/α-hetero) is 1. The molecule has 116 valence electrons. The van der Waals surface area contributed by atoms with E-state index in [4.69, 9.17) is 5.73 Å². The molecule has 1 amide bonds. The van der Waals surface area contributed by atoms with E-state index >= 15 is 0 Å². The number of ketones is 1. The highest BCUT2D eigenvalue weighted by atomic mass is 16.2. The molecular weight excluding hydrogens is 286 g/mol. The number of nitrogens with two attached hydrogens (primary N) is 1. The Morgan fingerprint density at radius 3 is 2.55 bits per heavy atom. The number of primary amides is 1. The smallest absolute Gasteiger partial charge is 0.329 e. The van der Waals surface area contributed by atoms with Gasteiger partial charge in [-0.2, -0.15) is 0 Å². The van der Waals surface area contributed by atoms with Gasteiger partial charge in [-0.1, -0.05) is 0 Å². The first-order valence-electron chi connectivity index (χ1n) is 6.81. The van der Waals surface area contributed by atoms with Crippen LogP contribution in [0.5, 0.6) is 0 Å². The molecule has 1 unspecified atom stereocenters. The maximum absolute atomic E-state index is 12.4. The summed E-state index contributed by atoms with van der Waals surface area (Å²) in [5.74, 6) is -0.752. The van der Waals surface area contributed by atoms with E-state index in [2.05, 4.69) is 0 Å². The molecular formula is C15H17N3O4. The van der Waals surface area contributed by atoms with Crippen LogP contribution in [0.3, 0.4) is 0 Å². The Morgan fingerprint density at radius 2 is 2.00 bits per heavy atom. The topological polar surface area (TPSA) is 104 Å². The van der Waals surface area contributed by atoms with Crippen molar-refractivity contribution in [1.82, 2.24) is 9.13 Å². The van der Waals surface area contributed by atoms with Gasteiger partial charge in [-0.05, 0) is 31.5 Å². The van der Waals surface area contributed by atoms with Crippen molar-refractivity contribution in [3.05, 3.63) is 34.2 Å². The summed E-state index contributed by atoms with van der Waals surface area (Å²) in [6, 6.07) is 3.84. The van der Waals surface area contributed by atoms with Gasteiger partial charge in [0.25, 0.3) is 0 Å². The highest BCUT2D eigenvalue weighted by Crippen LogP contribution is 2.21. The van der Waals surface area contributed by atoms with Crippen molar-refractivity contribution in [3.63, 3.8) is 0 Å². The fourth-order valence-electron chi connectivity index (χ4n) is 2.49. The Hall–Kier alpha value is -2.70. The molecule has 0 aliphatic carbocycles. The second-order valence-electron chi connectivity index (χ2n) is 5.24. The predicted molar refractivity (Wildman–Crippen MR) is 80.7 cm³/mol. The zero-order chi connectivity index (χ0) is 16.4. The number of aromatic nitrogens is 2. The van der Waals surface area contributed by atoms with Crippen LogP contribution >= 0.6 is 0 Å². The molecule has 0 radical (unpaired) electrons. The fourth-order valence-corrected chi connectivity index (χ4v) is 2.49. The van der Waals surface area contributed by atoms with Crippen molar-refractivity contribution < 1.29 is 14.4 Å². The zero-order valence-corrected chi connectivity index (χ0v) is 12.4. The maximum atomic E-state index is 12.4. The lowest BCUT2D eigenvalue weighted by Gasteiger charge is -2.14. The van der Waals surface area contributed by atoms with E-state index in [9.17, 15) is 19.2 Å². The zero-order valence-electron chi connectivity index (χ0n) is 12.4. The molecule has 0 bridgehead atoms. The molecule has 1 aromatic heterocycles. The van der Waals surface area contributed by atoms with Gasteiger partial charge >= 0.3 is 5.69 Å². The van der Waals surface area contributed by atoms with Crippen molar-refractivity contribution in [3.8, 4) is 0 Å². The molecule has 0 saturated heterocycles. The fraction of sp³-hybridized carbons (Fsp3) is 0.333. The largest absolute Gasteiger partial charge is 0.368 e. The van der Waals surface area contributed by atoms with Gasteiger partial charge in [-0.3, -0.25) is 18.7 Å². The van der Waals surface area contributed by atoms with E-state index in [1.165, 1.54) is 16.1 Å². The average Bonchev–Trinajstić information content (AvgIpc) is 2.71. The van der Waals surface area contributed by atoms with Gasteiger partial charge in [0.05, 0.1) is 11.0 Å². The molecule has 7 heteroatoms. The number of rotatable bonds is 6. The van der Waals surface area contributed by atoms with Crippen molar-refractivity contribution in [2.75, 3.05) is 0 Å². The van der Waals surface area contributed by atoms with E-state index in [-0.39, 0.29) is 18.6 Å². The number of aryl methyl sites for hydroxylation is 1. The van der Waals surface area contributed by atoms with Gasteiger partial charge in [-0.25, -0.2) is 4.79 Å². The summed E-state index contributed by atoms with van der Waals surface area (Å²) in [6.07, 6.45) is 1.00. The summed E-state index contributed by atoms with van der Waals surface area (Å²) >= 11 is 0. The van der Waals surface area contributed by atoms with Crippen LogP contribution in [0.4, 0.5) is 0 Å². The number of nitrogens with zero attached hydrogens (tertiary/aromatic N) is 2. The summed E-state index contributed by atoms with van der Waals surface area (Å²) < 4.78 is 2.64. The Bertz CT molecular complexity index is 816. The number of carbonyl (C=O) groups excluding carboxylic acids is 3. The van der Waals surface area contributed by atoms with Gasteiger partial charge in [0.1, 0.15) is 18.1 Å². The van der Waals surface area contributed by atoms with Gasteiger partial charge in [-0.15, -0.1) is 0 Å². The van der Waals surface area contributed by atoms with Crippen molar-refractivity contribution in [2.45, 2.75) is 25.8 Å². The number of aldehydes is 1. The second-order valence-corrected chi connectivity index (χ2v) is 5.24. The Labute approximate surface area is 126 Å². The van der Waals surface area contributed by atoms with Crippen LogP contribution in [0.25, 0.3) is 11.0 Å². The summed E-state index contributed by atoms with van der Waals surface area (Å²) in [5.41, 5.74) is 6.46. The SMILES string of the molecule is CC(=O)CCC(C(N)=O)n1c(=O)n(C)c2cc(C=O)ccc21. The lowest BCUT2D eigenvalue weighted by Crippen LogP contribution is -2.34. The minimum atomic E-state index is -0.901. The van der Waals surface area contributed by atoms with E-state index in [1.54, 1.807) is 25.2 Å². The number of benzene rings is 1. The highest BCUT2D eigenvalue weighted by molar-refractivity contribution is 5.87. The molecule has 0 fully saturated rings. The van der Waals surface area contributed by atoms with Crippen molar-refractivity contribution in [2.24, 2.45) is 12.8 Å². The minimum Gasteiger partial charge on any atom is -0.368 e. The van der Waals surface area contributed by atoms with Gasteiger partial charge in [0.2, 0.25) is 5.91 Å². The third-order valence-corrected chi connectivity index (χ3v) is 3.66. The van der Waals surface area contributed by atoms with Gasteiger partial charge < -0.3 is 10.5 Å². The van der Waals surface area contributed by atoms with Crippen LogP contribution in [-0.2, 0) is 16.6 Å². The normalized spacial score (nSPS) is 12.3. The number of hydrogen-bond donors (Lipinski definition) is 1. The van der Waals surface area contributed by atoms with E-state index in [0.717, 1.165) is 0 Å². The maximum Gasteiger partial charge on any atom is 0.329 e. The van der Waals surface area contributed by atoms with Crippen LogP contribution < -0.4 is 11.4 Å². The molecule has 1 atom stereocenters. The highest BCUT2D eigenvalue weighted by Gasteiger charge is 2.24. The predicted octanol–water partition coefficient (Wildman–Crippen LogP) is 0.548. The molecule has 1 aromatic carbocycles. The number of imidazole rings is 1. The van der Waals surface area contributed by atoms with E-state index < -0.39 is 17.6 Å². The molecule has 2 aromatic rings. The minimum absolute atomic E-state index is 0.0808. The summed E-state index contributed by atoms with van der Waals surface area (Å²) in [7, 11) is 1.55.